The third kappa shape index (κ3) is 3.04. The van der Waals surface area contributed by atoms with Crippen molar-refractivity contribution in [1.29, 1.82) is 0 Å². The van der Waals surface area contributed by atoms with Crippen LogP contribution in [0.1, 0.15) is 20.3 Å². The van der Waals surface area contributed by atoms with Gasteiger partial charge in [0.2, 0.25) is 5.91 Å². The summed E-state index contributed by atoms with van der Waals surface area (Å²) in [6, 6.07) is 4.24. The number of benzene rings is 1. The van der Waals surface area contributed by atoms with Gasteiger partial charge in [-0.25, -0.2) is 4.39 Å². The molecule has 1 aliphatic heterocycles. The number of anilines is 1. The van der Waals surface area contributed by atoms with E-state index in [0.29, 0.717) is 30.9 Å². The predicted octanol–water partition coefficient (Wildman–Crippen LogP) is 1.92. The SMILES string of the molecule is CC(C)Oc1ccc(F)cc1N1CC(CN)CC1=O. The molecule has 1 fully saturated rings. The molecule has 0 spiro atoms. The fourth-order valence-electron chi connectivity index (χ4n) is 2.23. The van der Waals surface area contributed by atoms with Crippen molar-refractivity contribution in [3.63, 3.8) is 0 Å². The minimum Gasteiger partial charge on any atom is -0.489 e. The van der Waals surface area contributed by atoms with Gasteiger partial charge in [-0.05, 0) is 38.4 Å². The van der Waals surface area contributed by atoms with Crippen molar-refractivity contribution in [1.82, 2.24) is 0 Å². The summed E-state index contributed by atoms with van der Waals surface area (Å²) in [6.07, 6.45) is 0.376. The number of amides is 1. The molecule has 5 heteroatoms. The molecular formula is C14H19FN2O2. The van der Waals surface area contributed by atoms with E-state index in [2.05, 4.69) is 0 Å². The molecule has 1 saturated heterocycles. The second-order valence-electron chi connectivity index (χ2n) is 5.09. The van der Waals surface area contributed by atoms with E-state index >= 15 is 0 Å². The number of halogens is 1. The van der Waals surface area contributed by atoms with Gasteiger partial charge in [0.25, 0.3) is 0 Å². The van der Waals surface area contributed by atoms with E-state index in [0.717, 1.165) is 0 Å². The van der Waals surface area contributed by atoms with Gasteiger partial charge in [0, 0.05) is 19.0 Å². The number of carbonyl (C=O) groups is 1. The number of nitrogens with two attached hydrogens (primary N) is 1. The Morgan fingerprint density at radius 3 is 2.84 bits per heavy atom. The number of carbonyl (C=O) groups excluding carboxylic acids is 1. The minimum absolute atomic E-state index is 0.0327. The zero-order valence-corrected chi connectivity index (χ0v) is 11.2. The first-order valence-corrected chi connectivity index (χ1v) is 6.48. The molecule has 1 aromatic rings. The van der Waals surface area contributed by atoms with Crippen LogP contribution in [0.25, 0.3) is 0 Å². The molecule has 0 bridgehead atoms. The van der Waals surface area contributed by atoms with Gasteiger partial charge in [-0.2, -0.15) is 0 Å². The Kier molecular flexibility index (Phi) is 4.04. The highest BCUT2D eigenvalue weighted by molar-refractivity contribution is 5.97. The van der Waals surface area contributed by atoms with E-state index in [1.54, 1.807) is 11.0 Å². The van der Waals surface area contributed by atoms with Crippen LogP contribution in [0.4, 0.5) is 10.1 Å². The fourth-order valence-corrected chi connectivity index (χ4v) is 2.23. The van der Waals surface area contributed by atoms with E-state index in [4.69, 9.17) is 10.5 Å². The Hall–Kier alpha value is -1.62. The maximum absolute atomic E-state index is 13.4. The molecule has 1 amide bonds. The molecule has 1 unspecified atom stereocenters. The highest BCUT2D eigenvalue weighted by Crippen LogP contribution is 2.34. The summed E-state index contributed by atoms with van der Waals surface area (Å²) in [5.41, 5.74) is 6.10. The molecule has 2 rings (SSSR count). The zero-order valence-electron chi connectivity index (χ0n) is 11.2. The van der Waals surface area contributed by atoms with Crippen LogP contribution in [0.3, 0.4) is 0 Å². The van der Waals surface area contributed by atoms with Crippen molar-refractivity contribution < 1.29 is 13.9 Å². The lowest BCUT2D eigenvalue weighted by atomic mass is 10.1. The first-order chi connectivity index (χ1) is 9.01. The Morgan fingerprint density at radius 1 is 1.53 bits per heavy atom. The third-order valence-corrected chi connectivity index (χ3v) is 3.11. The van der Waals surface area contributed by atoms with Crippen molar-refractivity contribution in [3.8, 4) is 5.75 Å². The number of rotatable bonds is 4. The Morgan fingerprint density at radius 2 is 2.26 bits per heavy atom. The summed E-state index contributed by atoms with van der Waals surface area (Å²) in [5, 5.41) is 0. The average molecular weight is 266 g/mol. The normalized spacial score (nSPS) is 19.3. The number of nitrogens with zero attached hydrogens (tertiary/aromatic N) is 1. The summed E-state index contributed by atoms with van der Waals surface area (Å²) in [5.74, 6) is 0.245. The molecule has 1 aromatic carbocycles. The molecule has 0 aromatic heterocycles. The number of hydrogen-bond acceptors (Lipinski definition) is 3. The summed E-state index contributed by atoms with van der Waals surface area (Å²) in [4.78, 5) is 13.6. The van der Waals surface area contributed by atoms with Crippen LogP contribution in [0.15, 0.2) is 18.2 Å². The van der Waals surface area contributed by atoms with E-state index in [9.17, 15) is 9.18 Å². The monoisotopic (exact) mass is 266 g/mol. The van der Waals surface area contributed by atoms with Crippen LogP contribution in [0.2, 0.25) is 0 Å². The molecule has 1 heterocycles. The minimum atomic E-state index is -0.380. The number of ether oxygens (including phenoxy) is 1. The molecular weight excluding hydrogens is 247 g/mol. The van der Waals surface area contributed by atoms with Crippen molar-refractivity contribution >= 4 is 11.6 Å². The molecule has 4 nitrogen and oxygen atoms in total. The summed E-state index contributed by atoms with van der Waals surface area (Å²) >= 11 is 0. The van der Waals surface area contributed by atoms with Crippen molar-refractivity contribution in [3.05, 3.63) is 24.0 Å². The second-order valence-corrected chi connectivity index (χ2v) is 5.09. The van der Waals surface area contributed by atoms with Gasteiger partial charge >= 0.3 is 0 Å². The smallest absolute Gasteiger partial charge is 0.227 e. The van der Waals surface area contributed by atoms with Crippen molar-refractivity contribution in [2.75, 3.05) is 18.0 Å². The second kappa shape index (κ2) is 5.57. The summed E-state index contributed by atoms with van der Waals surface area (Å²) in [6.45, 7) is 4.76. The van der Waals surface area contributed by atoms with Crippen LogP contribution in [-0.2, 0) is 4.79 Å². The van der Waals surface area contributed by atoms with Gasteiger partial charge in [-0.15, -0.1) is 0 Å². The maximum atomic E-state index is 13.4. The molecule has 19 heavy (non-hydrogen) atoms. The lowest BCUT2D eigenvalue weighted by molar-refractivity contribution is -0.117. The van der Waals surface area contributed by atoms with E-state index < -0.39 is 0 Å². The summed E-state index contributed by atoms with van der Waals surface area (Å²) < 4.78 is 19.1. The topological polar surface area (TPSA) is 55.6 Å². The first kappa shape index (κ1) is 13.8. The molecule has 1 atom stereocenters. The van der Waals surface area contributed by atoms with Crippen LogP contribution >= 0.6 is 0 Å². The number of hydrogen-bond donors (Lipinski definition) is 1. The van der Waals surface area contributed by atoms with Gasteiger partial charge in [0.15, 0.2) is 0 Å². The zero-order chi connectivity index (χ0) is 14.0. The van der Waals surface area contributed by atoms with E-state index in [-0.39, 0.29) is 23.7 Å². The third-order valence-electron chi connectivity index (χ3n) is 3.11. The maximum Gasteiger partial charge on any atom is 0.227 e. The van der Waals surface area contributed by atoms with Crippen LogP contribution in [0.5, 0.6) is 5.75 Å². The lowest BCUT2D eigenvalue weighted by Gasteiger charge is -2.21. The quantitative estimate of drug-likeness (QED) is 0.906. The molecule has 0 saturated carbocycles. The highest BCUT2D eigenvalue weighted by atomic mass is 19.1. The molecule has 0 radical (unpaired) electrons. The fraction of sp³-hybridized carbons (Fsp3) is 0.500. The van der Waals surface area contributed by atoms with Gasteiger partial charge in [0.1, 0.15) is 11.6 Å². The van der Waals surface area contributed by atoms with Gasteiger partial charge in [-0.1, -0.05) is 0 Å². The van der Waals surface area contributed by atoms with Crippen LogP contribution in [0, 0.1) is 11.7 Å². The van der Waals surface area contributed by atoms with Crippen molar-refractivity contribution in [2.24, 2.45) is 11.7 Å². The Labute approximate surface area is 112 Å². The summed E-state index contributed by atoms with van der Waals surface area (Å²) in [7, 11) is 0. The predicted molar refractivity (Wildman–Crippen MR) is 71.7 cm³/mol. The van der Waals surface area contributed by atoms with Gasteiger partial charge in [-0.3, -0.25) is 4.79 Å². The Balaban J connectivity index is 2.32. The van der Waals surface area contributed by atoms with Crippen LogP contribution < -0.4 is 15.4 Å². The standard InChI is InChI=1S/C14H19FN2O2/c1-9(2)19-13-4-3-11(15)6-12(13)17-8-10(7-16)5-14(17)18/h3-4,6,9-10H,5,7-8,16H2,1-2H3. The van der Waals surface area contributed by atoms with Gasteiger partial charge < -0.3 is 15.4 Å². The largest absolute Gasteiger partial charge is 0.489 e. The van der Waals surface area contributed by atoms with Crippen molar-refractivity contribution in [2.45, 2.75) is 26.4 Å². The first-order valence-electron chi connectivity index (χ1n) is 6.48. The molecule has 104 valence electrons. The highest BCUT2D eigenvalue weighted by Gasteiger charge is 2.31. The van der Waals surface area contributed by atoms with E-state index in [1.165, 1.54) is 12.1 Å². The average Bonchev–Trinajstić information content (AvgIpc) is 2.72. The van der Waals surface area contributed by atoms with Crippen LogP contribution in [-0.4, -0.2) is 25.1 Å². The van der Waals surface area contributed by atoms with Gasteiger partial charge in [0.05, 0.1) is 11.8 Å². The molecule has 1 aliphatic rings. The van der Waals surface area contributed by atoms with E-state index in [1.807, 2.05) is 13.8 Å². The Bertz CT molecular complexity index is 477. The molecule has 2 N–H and O–H groups in total. The molecule has 0 aliphatic carbocycles. The lowest BCUT2D eigenvalue weighted by Crippen LogP contribution is -2.26.